The number of pyridine rings is 1. The molecule has 0 aliphatic rings. The zero-order valence-electron chi connectivity index (χ0n) is 16.6. The summed E-state index contributed by atoms with van der Waals surface area (Å²) in [6, 6.07) is 6.99. The van der Waals surface area contributed by atoms with Gasteiger partial charge in [0.05, 0.1) is 27.2 Å². The summed E-state index contributed by atoms with van der Waals surface area (Å²) in [5.41, 5.74) is -0.129. The molecule has 2 atom stereocenters. The van der Waals surface area contributed by atoms with Crippen molar-refractivity contribution in [1.29, 1.82) is 0 Å². The molecule has 1 unspecified atom stereocenters. The first-order valence-corrected chi connectivity index (χ1v) is 11.5. The lowest BCUT2D eigenvalue weighted by Gasteiger charge is -2.30. The predicted octanol–water partition coefficient (Wildman–Crippen LogP) is 3.64. The second-order valence-electron chi connectivity index (χ2n) is 7.17. The number of alkyl halides is 2. The van der Waals surface area contributed by atoms with Crippen molar-refractivity contribution in [1.82, 2.24) is 9.71 Å². The van der Waals surface area contributed by atoms with Crippen LogP contribution in [0.25, 0.3) is 0 Å². The Morgan fingerprint density at radius 1 is 1.14 bits per heavy atom. The number of nitrogens with zero attached hydrogens (tertiary/aromatic N) is 1. The Kier molecular flexibility index (Phi) is 7.13. The molecule has 2 aromatic rings. The van der Waals surface area contributed by atoms with E-state index in [1.165, 1.54) is 30.3 Å². The van der Waals surface area contributed by atoms with E-state index in [4.69, 9.17) is 4.74 Å². The maximum absolute atomic E-state index is 15.4. The van der Waals surface area contributed by atoms with Gasteiger partial charge in [-0.25, -0.2) is 22.3 Å². The molecular weight excluding hydrogens is 422 g/mol. The van der Waals surface area contributed by atoms with E-state index in [0.717, 1.165) is 18.3 Å². The molecule has 6 nitrogen and oxygen atoms in total. The van der Waals surface area contributed by atoms with Crippen LogP contribution in [0, 0.1) is 0 Å². The van der Waals surface area contributed by atoms with Crippen LogP contribution in [0.15, 0.2) is 53.6 Å². The molecule has 1 aromatic carbocycles. The van der Waals surface area contributed by atoms with E-state index in [1.54, 1.807) is 27.7 Å². The zero-order chi connectivity index (χ0) is 21.9. The smallest absolute Gasteiger partial charge is 0.369 e. The Morgan fingerprint density at radius 3 is 2.24 bits per heavy atom. The second kappa shape index (κ2) is 8.85. The van der Waals surface area contributed by atoms with E-state index in [0.29, 0.717) is 6.61 Å². The highest BCUT2D eigenvalue weighted by Gasteiger charge is 2.54. The summed E-state index contributed by atoms with van der Waals surface area (Å²) in [6.07, 6.45) is 1.09. The van der Waals surface area contributed by atoms with Crippen molar-refractivity contribution < 1.29 is 26.1 Å². The summed E-state index contributed by atoms with van der Waals surface area (Å²) in [5.74, 6) is 0.209. The van der Waals surface area contributed by atoms with Crippen LogP contribution in [-0.4, -0.2) is 34.2 Å². The van der Waals surface area contributed by atoms with Crippen LogP contribution >= 0.6 is 0 Å². The summed E-state index contributed by atoms with van der Waals surface area (Å²) < 4.78 is 75.4. The molecule has 0 aliphatic heterocycles. The fourth-order valence-electron chi connectivity index (χ4n) is 2.32. The predicted molar refractivity (Wildman–Crippen MR) is 108 cm³/mol. The Balaban J connectivity index is 2.54. The molecule has 1 heterocycles. The van der Waals surface area contributed by atoms with Gasteiger partial charge in [0, 0.05) is 12.3 Å². The maximum Gasteiger partial charge on any atom is 0.369 e. The molecule has 0 radical (unpaired) electrons. The molecule has 2 rings (SSSR count). The number of rotatable bonds is 8. The van der Waals surface area contributed by atoms with Gasteiger partial charge in [-0.1, -0.05) is 24.3 Å². The lowest BCUT2D eigenvalue weighted by Crippen LogP contribution is -2.47. The Morgan fingerprint density at radius 2 is 1.76 bits per heavy atom. The molecule has 1 aromatic heterocycles. The quantitative estimate of drug-likeness (QED) is 0.669. The van der Waals surface area contributed by atoms with E-state index >= 15 is 8.78 Å². The van der Waals surface area contributed by atoms with Crippen molar-refractivity contribution in [2.45, 2.75) is 48.6 Å². The van der Waals surface area contributed by atoms with E-state index in [2.05, 4.69) is 9.71 Å². The van der Waals surface area contributed by atoms with Gasteiger partial charge in [0.2, 0.25) is 15.7 Å². The van der Waals surface area contributed by atoms with E-state index in [-0.39, 0.29) is 11.4 Å². The van der Waals surface area contributed by atoms with Crippen LogP contribution in [0.4, 0.5) is 8.78 Å². The van der Waals surface area contributed by atoms with Crippen LogP contribution in [0.2, 0.25) is 0 Å². The Labute approximate surface area is 172 Å². The van der Waals surface area contributed by atoms with Crippen molar-refractivity contribution in [3.8, 4) is 5.88 Å². The zero-order valence-corrected chi connectivity index (χ0v) is 18.2. The number of benzene rings is 1. The van der Waals surface area contributed by atoms with Crippen LogP contribution in [-0.2, 0) is 20.8 Å². The van der Waals surface area contributed by atoms with Gasteiger partial charge >= 0.3 is 5.25 Å². The summed E-state index contributed by atoms with van der Waals surface area (Å²) >= 11 is 0. The third-order valence-corrected chi connectivity index (χ3v) is 7.32. The summed E-state index contributed by atoms with van der Waals surface area (Å²) in [4.78, 5) is 3.41. The fourth-order valence-corrected chi connectivity index (χ4v) is 4.58. The average molecular weight is 447 g/mol. The molecule has 0 fully saturated rings. The number of ether oxygens (including phenoxy) is 1. The van der Waals surface area contributed by atoms with Gasteiger partial charge < -0.3 is 4.74 Å². The molecule has 0 aliphatic carbocycles. The first-order valence-electron chi connectivity index (χ1n) is 8.85. The highest BCUT2D eigenvalue weighted by Crippen LogP contribution is 2.40. The van der Waals surface area contributed by atoms with Crippen LogP contribution in [0.1, 0.15) is 39.3 Å². The molecule has 0 saturated carbocycles. The number of hydrogen-bond donors (Lipinski definition) is 1. The molecule has 160 valence electrons. The second-order valence-corrected chi connectivity index (χ2v) is 11.2. The Bertz CT molecular complexity index is 944. The normalized spacial score (nSPS) is 15.0. The molecule has 0 amide bonds. The highest BCUT2D eigenvalue weighted by atomic mass is 32.2. The molecule has 0 spiro atoms. The molecule has 29 heavy (non-hydrogen) atoms. The van der Waals surface area contributed by atoms with Gasteiger partial charge in [-0.05, 0) is 45.4 Å². The largest absolute Gasteiger partial charge is 0.478 e. The van der Waals surface area contributed by atoms with Crippen LogP contribution in [0.3, 0.4) is 0 Å². The van der Waals surface area contributed by atoms with Crippen molar-refractivity contribution in [3.63, 3.8) is 0 Å². The summed E-state index contributed by atoms with van der Waals surface area (Å²) in [5, 5.41) is -4.30. The standard InChI is InChI=1S/C19H24F2N2O4S2/c1-5-27-16-12-11-14(13-22-16)17(23-28(24)18(2,3)4)19(20,21)29(25,26)15-9-7-6-8-10-15/h6-13,17,23H,5H2,1-4H3/t17-,28?/m1/s1. The van der Waals surface area contributed by atoms with E-state index in [9.17, 15) is 12.6 Å². The maximum atomic E-state index is 15.4. The molecule has 0 saturated heterocycles. The number of hydrogen-bond acceptors (Lipinski definition) is 5. The van der Waals surface area contributed by atoms with Crippen LogP contribution in [0.5, 0.6) is 5.88 Å². The third kappa shape index (κ3) is 5.18. The first kappa shape index (κ1) is 23.4. The number of aromatic nitrogens is 1. The fraction of sp³-hybridized carbons (Fsp3) is 0.421. The van der Waals surface area contributed by atoms with E-state index in [1.807, 2.05) is 0 Å². The monoisotopic (exact) mass is 446 g/mol. The Hall–Kier alpha value is -1.91. The van der Waals surface area contributed by atoms with Crippen molar-refractivity contribution in [2.24, 2.45) is 0 Å². The molecular formula is C19H24F2N2O4S2. The average Bonchev–Trinajstić information content (AvgIpc) is 2.66. The minimum Gasteiger partial charge on any atom is -0.478 e. The van der Waals surface area contributed by atoms with Gasteiger partial charge in [-0.2, -0.15) is 8.78 Å². The van der Waals surface area contributed by atoms with Gasteiger partial charge in [-0.3, -0.25) is 0 Å². The minimum absolute atomic E-state index is 0.129. The number of nitrogens with one attached hydrogen (secondary N) is 1. The van der Waals surface area contributed by atoms with E-state index < -0.39 is 41.8 Å². The highest BCUT2D eigenvalue weighted by molar-refractivity contribution is 7.92. The topological polar surface area (TPSA) is 85.4 Å². The SMILES string of the molecule is CCOc1ccc([C@@H](NS(=O)C(C)(C)C)C(F)(F)S(=O)(=O)c2ccccc2)cn1. The van der Waals surface area contributed by atoms with Crippen LogP contribution < -0.4 is 9.46 Å². The molecule has 1 N–H and O–H groups in total. The number of halogens is 2. The molecule has 0 bridgehead atoms. The molecule has 10 heteroatoms. The van der Waals surface area contributed by atoms with Gasteiger partial charge in [0.1, 0.15) is 6.04 Å². The lowest BCUT2D eigenvalue weighted by molar-refractivity contribution is 0.0557. The number of sulfone groups is 1. The summed E-state index contributed by atoms with van der Waals surface area (Å²) in [7, 11) is -7.05. The van der Waals surface area contributed by atoms with Gasteiger partial charge in [-0.15, -0.1) is 0 Å². The third-order valence-electron chi connectivity index (χ3n) is 3.91. The van der Waals surface area contributed by atoms with Gasteiger partial charge in [0.15, 0.2) is 0 Å². The first-order chi connectivity index (χ1) is 13.4. The summed E-state index contributed by atoms with van der Waals surface area (Å²) in [6.45, 7) is 6.85. The van der Waals surface area contributed by atoms with Gasteiger partial charge in [0.25, 0.3) is 0 Å². The van der Waals surface area contributed by atoms with Crippen molar-refractivity contribution >= 4 is 20.8 Å². The minimum atomic E-state index is -5.09. The van der Waals surface area contributed by atoms with Crippen molar-refractivity contribution in [3.05, 3.63) is 54.2 Å². The van der Waals surface area contributed by atoms with Crippen molar-refractivity contribution in [2.75, 3.05) is 6.61 Å². The lowest BCUT2D eigenvalue weighted by atomic mass is 10.1.